The van der Waals surface area contributed by atoms with E-state index in [0.29, 0.717) is 5.69 Å². The molecular formula is C17H28N6O5S. The van der Waals surface area contributed by atoms with Gasteiger partial charge in [-0.3, -0.25) is 14.4 Å². The quantitative estimate of drug-likeness (QED) is 0.208. The first-order valence-electron chi connectivity index (χ1n) is 9.04. The Balaban J connectivity index is 2.60. The first-order chi connectivity index (χ1) is 13.6. The van der Waals surface area contributed by atoms with Crippen LogP contribution < -0.4 is 21.7 Å². The summed E-state index contributed by atoms with van der Waals surface area (Å²) >= 11 is 4.04. The second-order valence-electron chi connectivity index (χ2n) is 6.93. The summed E-state index contributed by atoms with van der Waals surface area (Å²) in [5.41, 5.74) is 6.50. The van der Waals surface area contributed by atoms with Crippen molar-refractivity contribution in [2.24, 2.45) is 11.7 Å². The molecule has 0 aliphatic heterocycles. The molecule has 1 rings (SSSR count). The van der Waals surface area contributed by atoms with Crippen LogP contribution in [0, 0.1) is 5.92 Å². The number of aromatic amines is 1. The highest BCUT2D eigenvalue weighted by atomic mass is 32.1. The van der Waals surface area contributed by atoms with Gasteiger partial charge in [-0.05, 0) is 12.8 Å². The van der Waals surface area contributed by atoms with Gasteiger partial charge in [0.15, 0.2) is 0 Å². The Labute approximate surface area is 174 Å². The van der Waals surface area contributed by atoms with Crippen molar-refractivity contribution < 1.29 is 24.3 Å². The highest BCUT2D eigenvalue weighted by Crippen LogP contribution is 2.03. The third-order valence-electron chi connectivity index (χ3n) is 4.13. The number of aromatic nitrogens is 2. The Kier molecular flexibility index (Phi) is 9.62. The van der Waals surface area contributed by atoms with Crippen molar-refractivity contribution in [2.45, 2.75) is 51.4 Å². The van der Waals surface area contributed by atoms with E-state index in [1.54, 1.807) is 20.0 Å². The van der Waals surface area contributed by atoms with E-state index in [2.05, 4.69) is 38.5 Å². The van der Waals surface area contributed by atoms with Gasteiger partial charge in [-0.25, -0.2) is 9.78 Å². The maximum atomic E-state index is 12.3. The summed E-state index contributed by atoms with van der Waals surface area (Å²) in [5.74, 6) is -3.42. The van der Waals surface area contributed by atoms with Gasteiger partial charge in [-0.1, -0.05) is 13.8 Å². The fourth-order valence-electron chi connectivity index (χ4n) is 2.37. The predicted octanol–water partition coefficient (Wildman–Crippen LogP) is -1.58. The molecule has 12 heteroatoms. The van der Waals surface area contributed by atoms with Gasteiger partial charge in [0.25, 0.3) is 0 Å². The Morgan fingerprint density at radius 3 is 2.28 bits per heavy atom. The van der Waals surface area contributed by atoms with Crippen molar-refractivity contribution in [1.82, 2.24) is 25.9 Å². The van der Waals surface area contributed by atoms with E-state index in [0.717, 1.165) is 0 Å². The first kappa shape index (κ1) is 24.4. The minimum absolute atomic E-state index is 0.0536. The third kappa shape index (κ3) is 7.74. The number of nitrogens with zero attached hydrogens (tertiary/aromatic N) is 1. The summed E-state index contributed by atoms with van der Waals surface area (Å²) in [5, 5.41) is 16.5. The number of aliphatic carboxylic acids is 1. The monoisotopic (exact) mass is 428 g/mol. The van der Waals surface area contributed by atoms with Crippen LogP contribution in [0.2, 0.25) is 0 Å². The normalized spacial score (nSPS) is 15.1. The molecule has 162 valence electrons. The number of carboxylic acids is 1. The van der Waals surface area contributed by atoms with Crippen LogP contribution in [0.5, 0.6) is 0 Å². The molecule has 11 nitrogen and oxygen atoms in total. The standard InChI is InChI=1S/C17H28N6O5S/c1-8(2)13(17(27)28)23-16(26)12(6-29)22-14(24)9(3)21-15(25)11(18)4-10-5-19-7-20-10/h5,7-9,11-13,29H,4,6,18H2,1-3H3,(H,19,20)(H,21,25)(H,22,24)(H,23,26)(H,27,28). The molecule has 0 aromatic carbocycles. The van der Waals surface area contributed by atoms with E-state index in [4.69, 9.17) is 5.73 Å². The molecule has 3 amide bonds. The van der Waals surface area contributed by atoms with Crippen LogP contribution in [0.25, 0.3) is 0 Å². The van der Waals surface area contributed by atoms with Crippen LogP contribution >= 0.6 is 12.6 Å². The van der Waals surface area contributed by atoms with Crippen LogP contribution in [0.4, 0.5) is 0 Å². The highest BCUT2D eigenvalue weighted by molar-refractivity contribution is 7.80. The number of nitrogens with one attached hydrogen (secondary N) is 4. The number of imidazole rings is 1. The lowest BCUT2D eigenvalue weighted by Crippen LogP contribution is -2.57. The van der Waals surface area contributed by atoms with Gasteiger partial charge in [0.1, 0.15) is 18.1 Å². The van der Waals surface area contributed by atoms with Crippen molar-refractivity contribution in [3.05, 3.63) is 18.2 Å². The second-order valence-corrected chi connectivity index (χ2v) is 7.30. The van der Waals surface area contributed by atoms with E-state index >= 15 is 0 Å². The number of carbonyl (C=O) groups excluding carboxylic acids is 3. The first-order valence-corrected chi connectivity index (χ1v) is 9.67. The lowest BCUT2D eigenvalue weighted by molar-refractivity contribution is -0.143. The zero-order chi connectivity index (χ0) is 22.1. The molecule has 1 heterocycles. The summed E-state index contributed by atoms with van der Waals surface area (Å²) in [6.07, 6.45) is 3.22. The third-order valence-corrected chi connectivity index (χ3v) is 4.49. The molecule has 0 saturated carbocycles. The number of amides is 3. The average molecular weight is 429 g/mol. The summed E-state index contributed by atoms with van der Waals surface area (Å²) in [7, 11) is 0. The van der Waals surface area contributed by atoms with Gasteiger partial charge in [0.2, 0.25) is 17.7 Å². The van der Waals surface area contributed by atoms with Gasteiger partial charge in [-0.2, -0.15) is 12.6 Å². The summed E-state index contributed by atoms with van der Waals surface area (Å²) in [6, 6.07) is -4.02. The Hall–Kier alpha value is -2.60. The second kappa shape index (κ2) is 11.4. The molecule has 0 aliphatic rings. The molecule has 0 saturated heterocycles. The zero-order valence-corrected chi connectivity index (χ0v) is 17.4. The largest absolute Gasteiger partial charge is 0.480 e. The van der Waals surface area contributed by atoms with E-state index in [9.17, 15) is 24.3 Å². The molecule has 1 aromatic rings. The van der Waals surface area contributed by atoms with E-state index in [1.807, 2.05) is 0 Å². The Bertz CT molecular complexity index is 711. The van der Waals surface area contributed by atoms with Crippen molar-refractivity contribution in [3.63, 3.8) is 0 Å². The number of thiol groups is 1. The van der Waals surface area contributed by atoms with E-state index in [1.165, 1.54) is 13.3 Å². The molecule has 0 bridgehead atoms. The zero-order valence-electron chi connectivity index (χ0n) is 16.5. The Morgan fingerprint density at radius 2 is 1.79 bits per heavy atom. The molecule has 0 fully saturated rings. The molecule has 0 aliphatic carbocycles. The van der Waals surface area contributed by atoms with Crippen LogP contribution in [0.1, 0.15) is 26.5 Å². The average Bonchev–Trinajstić information content (AvgIpc) is 3.15. The van der Waals surface area contributed by atoms with Crippen molar-refractivity contribution >= 4 is 36.3 Å². The van der Waals surface area contributed by atoms with Crippen LogP contribution in [-0.2, 0) is 25.6 Å². The smallest absolute Gasteiger partial charge is 0.326 e. The highest BCUT2D eigenvalue weighted by Gasteiger charge is 2.29. The fraction of sp³-hybridized carbons (Fsp3) is 0.588. The predicted molar refractivity (Wildman–Crippen MR) is 108 cm³/mol. The van der Waals surface area contributed by atoms with E-state index < -0.39 is 47.9 Å². The minimum Gasteiger partial charge on any atom is -0.480 e. The maximum absolute atomic E-state index is 12.3. The van der Waals surface area contributed by atoms with Gasteiger partial charge < -0.3 is 31.8 Å². The number of nitrogens with two attached hydrogens (primary N) is 1. The van der Waals surface area contributed by atoms with Crippen molar-refractivity contribution in [2.75, 3.05) is 5.75 Å². The number of carboxylic acid groups (broad SMARTS) is 1. The van der Waals surface area contributed by atoms with Crippen molar-refractivity contribution in [1.29, 1.82) is 0 Å². The SMILES string of the molecule is CC(NC(=O)C(N)Cc1cnc[nH]1)C(=O)NC(CS)C(=O)NC(C(=O)O)C(C)C. The van der Waals surface area contributed by atoms with Crippen LogP contribution in [0.3, 0.4) is 0 Å². The molecule has 0 spiro atoms. The van der Waals surface area contributed by atoms with E-state index in [-0.39, 0.29) is 18.1 Å². The molecule has 1 aromatic heterocycles. The van der Waals surface area contributed by atoms with Crippen LogP contribution in [-0.4, -0.2) is 68.7 Å². The van der Waals surface area contributed by atoms with Crippen molar-refractivity contribution in [3.8, 4) is 0 Å². The lowest BCUT2D eigenvalue weighted by Gasteiger charge is -2.24. The number of hydrogen-bond acceptors (Lipinski definition) is 7. The number of hydrogen-bond donors (Lipinski definition) is 7. The van der Waals surface area contributed by atoms with Gasteiger partial charge >= 0.3 is 5.97 Å². The molecular weight excluding hydrogens is 400 g/mol. The maximum Gasteiger partial charge on any atom is 0.326 e. The fourth-order valence-corrected chi connectivity index (χ4v) is 2.63. The van der Waals surface area contributed by atoms with Crippen LogP contribution in [0.15, 0.2) is 12.5 Å². The minimum atomic E-state index is -1.18. The number of H-pyrrole nitrogens is 1. The topological polar surface area (TPSA) is 179 Å². The molecule has 0 radical (unpaired) electrons. The lowest BCUT2D eigenvalue weighted by atomic mass is 10.0. The van der Waals surface area contributed by atoms with Gasteiger partial charge in [-0.15, -0.1) is 0 Å². The summed E-state index contributed by atoms with van der Waals surface area (Å²) < 4.78 is 0. The van der Waals surface area contributed by atoms with Gasteiger partial charge in [0, 0.05) is 24.1 Å². The number of rotatable bonds is 11. The van der Waals surface area contributed by atoms with Gasteiger partial charge in [0.05, 0.1) is 12.4 Å². The number of carbonyl (C=O) groups is 4. The molecule has 29 heavy (non-hydrogen) atoms. The molecule has 4 unspecified atom stereocenters. The molecule has 4 atom stereocenters. The summed E-state index contributed by atoms with van der Waals surface area (Å²) in [6.45, 7) is 4.74. The molecule has 7 N–H and O–H groups in total. The summed E-state index contributed by atoms with van der Waals surface area (Å²) in [4.78, 5) is 54.7. The Morgan fingerprint density at radius 1 is 1.14 bits per heavy atom.